The number of nitrogens with one attached hydrogen (secondary N) is 1. The summed E-state index contributed by atoms with van der Waals surface area (Å²) in [4.78, 5) is 19.4. The average Bonchev–Trinajstić information content (AvgIpc) is 3.16. The second kappa shape index (κ2) is 9.43. The van der Waals surface area contributed by atoms with E-state index in [1.165, 1.54) is 34.8 Å². The van der Waals surface area contributed by atoms with Gasteiger partial charge in [-0.05, 0) is 35.6 Å². The number of aromatic nitrogens is 1. The van der Waals surface area contributed by atoms with Crippen LogP contribution in [-0.4, -0.2) is 53.6 Å². The molecule has 144 valence electrons. The summed E-state index contributed by atoms with van der Waals surface area (Å²) in [6.07, 6.45) is 1.29. The third-order valence-electron chi connectivity index (χ3n) is 4.53. The number of carbonyl (C=O) groups excluding carboxylic acids is 1. The quantitative estimate of drug-likeness (QED) is 0.785. The molecular formula is C19H23N3O2S3. The molecule has 2 fully saturated rings. The van der Waals surface area contributed by atoms with Gasteiger partial charge in [0, 0.05) is 30.6 Å². The van der Waals surface area contributed by atoms with Gasteiger partial charge >= 0.3 is 0 Å². The van der Waals surface area contributed by atoms with Crippen LogP contribution in [-0.2, 0) is 11.3 Å². The van der Waals surface area contributed by atoms with E-state index in [0.29, 0.717) is 15.3 Å². The molecule has 1 aromatic carbocycles. The lowest BCUT2D eigenvalue weighted by molar-refractivity contribution is 0.0337. The van der Waals surface area contributed by atoms with Gasteiger partial charge in [0.05, 0.1) is 23.5 Å². The molecule has 1 N–H and O–H groups in total. The van der Waals surface area contributed by atoms with Crippen molar-refractivity contribution in [1.82, 2.24) is 9.88 Å². The van der Waals surface area contributed by atoms with E-state index in [-0.39, 0.29) is 5.91 Å². The van der Waals surface area contributed by atoms with Crippen LogP contribution in [0.25, 0.3) is 0 Å². The number of thioether (sulfide) groups is 2. The highest BCUT2D eigenvalue weighted by molar-refractivity contribution is 8.16. The van der Waals surface area contributed by atoms with Gasteiger partial charge in [-0.2, -0.15) is 0 Å². The second-order valence-electron chi connectivity index (χ2n) is 6.54. The molecule has 2 aromatic rings. The zero-order chi connectivity index (χ0) is 18.5. The molecule has 2 aliphatic heterocycles. The highest BCUT2D eigenvalue weighted by Crippen LogP contribution is 2.43. The first-order valence-corrected chi connectivity index (χ1v) is 12.1. The number of nitrogens with zero attached hydrogens (tertiary/aromatic N) is 2. The van der Waals surface area contributed by atoms with Crippen molar-refractivity contribution in [2.75, 3.05) is 43.1 Å². The molecule has 27 heavy (non-hydrogen) atoms. The van der Waals surface area contributed by atoms with Crippen molar-refractivity contribution in [3.8, 4) is 0 Å². The van der Waals surface area contributed by atoms with Crippen molar-refractivity contribution >= 4 is 45.9 Å². The molecule has 1 aromatic heterocycles. The summed E-state index contributed by atoms with van der Waals surface area (Å²) in [5.41, 5.74) is 2.97. The molecule has 0 atom stereocenters. The molecule has 0 radical (unpaired) electrons. The normalized spacial score (nSPS) is 19.1. The molecule has 2 saturated heterocycles. The van der Waals surface area contributed by atoms with Crippen LogP contribution < -0.4 is 5.32 Å². The number of anilines is 1. The van der Waals surface area contributed by atoms with E-state index in [4.69, 9.17) is 4.74 Å². The minimum atomic E-state index is -0.0993. The Balaban J connectivity index is 1.33. The van der Waals surface area contributed by atoms with Crippen molar-refractivity contribution in [2.24, 2.45) is 0 Å². The fourth-order valence-corrected chi connectivity index (χ4v) is 6.66. The van der Waals surface area contributed by atoms with Crippen LogP contribution in [0.2, 0.25) is 0 Å². The van der Waals surface area contributed by atoms with Crippen LogP contribution in [0.3, 0.4) is 0 Å². The Morgan fingerprint density at radius 3 is 2.67 bits per heavy atom. The molecule has 2 aliphatic rings. The maximum Gasteiger partial charge on any atom is 0.257 e. The zero-order valence-corrected chi connectivity index (χ0v) is 17.5. The average molecular weight is 422 g/mol. The Bertz CT molecular complexity index is 754. The van der Waals surface area contributed by atoms with E-state index in [0.717, 1.165) is 38.5 Å². The second-order valence-corrected chi connectivity index (χ2v) is 10.1. The fourth-order valence-electron chi connectivity index (χ4n) is 3.07. The van der Waals surface area contributed by atoms with Crippen molar-refractivity contribution in [3.63, 3.8) is 0 Å². The van der Waals surface area contributed by atoms with E-state index in [1.54, 1.807) is 0 Å². The molecule has 0 spiro atoms. The maximum atomic E-state index is 12.5. The molecule has 4 rings (SSSR count). The van der Waals surface area contributed by atoms with Crippen LogP contribution in [0.4, 0.5) is 5.13 Å². The van der Waals surface area contributed by atoms with Crippen LogP contribution in [0, 0.1) is 0 Å². The Morgan fingerprint density at radius 2 is 1.93 bits per heavy atom. The number of hydrogen-bond donors (Lipinski definition) is 1. The van der Waals surface area contributed by atoms with Gasteiger partial charge in [-0.25, -0.2) is 4.98 Å². The first-order chi connectivity index (χ1) is 13.3. The smallest absolute Gasteiger partial charge is 0.257 e. The van der Waals surface area contributed by atoms with Crippen LogP contribution >= 0.6 is 34.9 Å². The molecule has 8 heteroatoms. The van der Waals surface area contributed by atoms with E-state index < -0.39 is 0 Å². The Morgan fingerprint density at radius 1 is 1.19 bits per heavy atom. The number of hydrogen-bond acceptors (Lipinski definition) is 7. The minimum Gasteiger partial charge on any atom is -0.379 e. The van der Waals surface area contributed by atoms with Gasteiger partial charge in [-0.3, -0.25) is 15.0 Å². The van der Waals surface area contributed by atoms with Crippen molar-refractivity contribution in [3.05, 3.63) is 46.5 Å². The predicted molar refractivity (Wildman–Crippen MR) is 115 cm³/mol. The number of rotatable bonds is 5. The summed E-state index contributed by atoms with van der Waals surface area (Å²) >= 11 is 5.46. The Labute approximate surface area is 172 Å². The topological polar surface area (TPSA) is 54.5 Å². The number of benzene rings is 1. The van der Waals surface area contributed by atoms with Crippen molar-refractivity contribution < 1.29 is 9.53 Å². The maximum absolute atomic E-state index is 12.5. The van der Waals surface area contributed by atoms with Crippen LogP contribution in [0.15, 0.2) is 29.6 Å². The summed E-state index contributed by atoms with van der Waals surface area (Å²) in [7, 11) is 0. The van der Waals surface area contributed by atoms with Gasteiger partial charge in [0.2, 0.25) is 0 Å². The fraction of sp³-hybridized carbons (Fsp3) is 0.474. The van der Waals surface area contributed by atoms with E-state index >= 15 is 0 Å². The zero-order valence-electron chi connectivity index (χ0n) is 15.1. The number of amides is 1. The molecule has 5 nitrogen and oxygen atoms in total. The summed E-state index contributed by atoms with van der Waals surface area (Å²) in [5, 5.41) is 5.61. The first kappa shape index (κ1) is 19.3. The third-order valence-corrected chi connectivity index (χ3v) is 8.36. The lowest BCUT2D eigenvalue weighted by Gasteiger charge is -2.25. The number of carbonyl (C=O) groups is 1. The van der Waals surface area contributed by atoms with Crippen LogP contribution in [0.1, 0.15) is 32.6 Å². The predicted octanol–water partition coefficient (Wildman–Crippen LogP) is 4.10. The highest BCUT2D eigenvalue weighted by Gasteiger charge is 2.17. The number of morpholine rings is 1. The molecular weight excluding hydrogens is 398 g/mol. The lowest BCUT2D eigenvalue weighted by Crippen LogP contribution is -2.35. The number of ether oxygens (including phenoxy) is 1. The molecule has 0 bridgehead atoms. The molecule has 1 amide bonds. The molecule has 0 aliphatic carbocycles. The minimum absolute atomic E-state index is 0.0993. The van der Waals surface area contributed by atoms with Gasteiger partial charge < -0.3 is 4.74 Å². The van der Waals surface area contributed by atoms with Crippen molar-refractivity contribution in [2.45, 2.75) is 17.5 Å². The largest absolute Gasteiger partial charge is 0.379 e. The Hall–Kier alpha value is -1.06. The third kappa shape index (κ3) is 5.26. The number of thiazole rings is 1. The SMILES string of the molecule is O=C(Nc1nc(CN2CCOCC2)cs1)c1ccc(C2SCCCS2)cc1. The summed E-state index contributed by atoms with van der Waals surface area (Å²) in [5.74, 6) is 2.34. The monoisotopic (exact) mass is 421 g/mol. The molecule has 0 saturated carbocycles. The summed E-state index contributed by atoms with van der Waals surface area (Å²) in [6.45, 7) is 4.23. The van der Waals surface area contributed by atoms with Gasteiger partial charge in [0.15, 0.2) is 5.13 Å². The summed E-state index contributed by atoms with van der Waals surface area (Å²) in [6, 6.07) is 8.00. The van der Waals surface area contributed by atoms with E-state index in [1.807, 2.05) is 41.0 Å². The molecule has 3 heterocycles. The van der Waals surface area contributed by atoms with Crippen molar-refractivity contribution in [1.29, 1.82) is 0 Å². The van der Waals surface area contributed by atoms with Gasteiger partial charge in [-0.1, -0.05) is 12.1 Å². The first-order valence-electron chi connectivity index (χ1n) is 9.17. The summed E-state index contributed by atoms with van der Waals surface area (Å²) < 4.78 is 5.87. The van der Waals surface area contributed by atoms with Gasteiger partial charge in [0.1, 0.15) is 0 Å². The van der Waals surface area contributed by atoms with Crippen LogP contribution in [0.5, 0.6) is 0 Å². The van der Waals surface area contributed by atoms with E-state index in [9.17, 15) is 4.79 Å². The highest BCUT2D eigenvalue weighted by atomic mass is 32.2. The van der Waals surface area contributed by atoms with Gasteiger partial charge in [0.25, 0.3) is 5.91 Å². The Kier molecular flexibility index (Phi) is 6.73. The van der Waals surface area contributed by atoms with Gasteiger partial charge in [-0.15, -0.1) is 34.9 Å². The standard InChI is InChI=1S/C19H23N3O2S3/c23-17(14-2-4-15(5-3-14)18-25-10-1-11-26-18)21-19-20-16(13-27-19)12-22-6-8-24-9-7-22/h2-5,13,18H,1,6-12H2,(H,20,21,23). The van der Waals surface area contributed by atoms with E-state index in [2.05, 4.69) is 27.3 Å². The molecule has 0 unspecified atom stereocenters. The lowest BCUT2D eigenvalue weighted by atomic mass is 10.1.